The number of carbonyl (C=O) groups is 1. The fourth-order valence-electron chi connectivity index (χ4n) is 1.20. The number of hydrogen-bond donors (Lipinski definition) is 1. The average molecular weight is 187 g/mol. The molecule has 2 aromatic rings. The summed E-state index contributed by atoms with van der Waals surface area (Å²) >= 11 is 0. The minimum atomic E-state index is 0.496. The molecule has 4 heteroatoms. The van der Waals surface area contributed by atoms with E-state index in [4.69, 9.17) is 0 Å². The molecule has 0 saturated heterocycles. The second-order valence-electron chi connectivity index (χ2n) is 2.90. The quantitative estimate of drug-likeness (QED) is 0.734. The lowest BCUT2D eigenvalue weighted by Crippen LogP contribution is -1.93. The Hall–Kier alpha value is -1.97. The Morgan fingerprint density at radius 2 is 2.29 bits per heavy atom. The highest BCUT2D eigenvalue weighted by Crippen LogP contribution is 2.02. The van der Waals surface area contributed by atoms with E-state index in [0.717, 1.165) is 17.8 Å². The van der Waals surface area contributed by atoms with Crippen molar-refractivity contribution in [2.45, 2.75) is 6.42 Å². The lowest BCUT2D eigenvalue weighted by Gasteiger charge is -1.95. The van der Waals surface area contributed by atoms with Crippen LogP contribution in [0.25, 0.3) is 0 Å². The van der Waals surface area contributed by atoms with Gasteiger partial charge in [0.15, 0.2) is 6.29 Å². The third kappa shape index (κ3) is 1.85. The fourth-order valence-corrected chi connectivity index (χ4v) is 1.20. The van der Waals surface area contributed by atoms with Gasteiger partial charge >= 0.3 is 0 Å². The van der Waals surface area contributed by atoms with Crippen LogP contribution in [0.4, 0.5) is 0 Å². The molecule has 0 aromatic carbocycles. The molecule has 0 saturated carbocycles. The number of aromatic amines is 1. The van der Waals surface area contributed by atoms with Crippen molar-refractivity contribution in [3.63, 3.8) is 0 Å². The number of hydrogen-bond acceptors (Lipinski definition) is 3. The van der Waals surface area contributed by atoms with Gasteiger partial charge in [-0.05, 0) is 12.1 Å². The zero-order chi connectivity index (χ0) is 9.80. The zero-order valence-electron chi connectivity index (χ0n) is 7.47. The van der Waals surface area contributed by atoms with Gasteiger partial charge in [0, 0.05) is 18.3 Å². The van der Waals surface area contributed by atoms with Crippen LogP contribution in [-0.4, -0.2) is 21.2 Å². The van der Waals surface area contributed by atoms with E-state index in [0.29, 0.717) is 12.1 Å². The Labute approximate surface area is 81.0 Å². The van der Waals surface area contributed by atoms with E-state index in [-0.39, 0.29) is 0 Å². The van der Waals surface area contributed by atoms with Crippen LogP contribution in [0.3, 0.4) is 0 Å². The van der Waals surface area contributed by atoms with Crippen LogP contribution in [0.2, 0.25) is 0 Å². The van der Waals surface area contributed by atoms with Crippen LogP contribution in [-0.2, 0) is 6.42 Å². The number of rotatable bonds is 3. The van der Waals surface area contributed by atoms with Crippen molar-refractivity contribution in [2.24, 2.45) is 0 Å². The monoisotopic (exact) mass is 187 g/mol. The first kappa shape index (κ1) is 8.62. The molecule has 14 heavy (non-hydrogen) atoms. The number of aromatic nitrogens is 3. The van der Waals surface area contributed by atoms with Crippen molar-refractivity contribution in [2.75, 3.05) is 0 Å². The van der Waals surface area contributed by atoms with Crippen LogP contribution in [0.5, 0.6) is 0 Å². The highest BCUT2D eigenvalue weighted by molar-refractivity contribution is 5.71. The summed E-state index contributed by atoms with van der Waals surface area (Å²) in [6.45, 7) is 0. The molecular formula is C10H9N3O. The minimum Gasteiger partial charge on any atom is -0.340 e. The first-order valence-electron chi connectivity index (χ1n) is 4.27. The Balaban J connectivity index is 2.15. The molecule has 0 atom stereocenters. The molecule has 0 aliphatic heterocycles. The lowest BCUT2D eigenvalue weighted by atomic mass is 10.3. The fraction of sp³-hybridized carbons (Fsp3) is 0.100. The predicted octanol–water partition coefficient (Wildman–Crippen LogP) is 1.21. The van der Waals surface area contributed by atoms with Crippen LogP contribution in [0.1, 0.15) is 22.0 Å². The van der Waals surface area contributed by atoms with E-state index in [1.807, 2.05) is 18.2 Å². The van der Waals surface area contributed by atoms with Crippen LogP contribution >= 0.6 is 0 Å². The van der Waals surface area contributed by atoms with Crippen molar-refractivity contribution >= 4 is 6.29 Å². The molecule has 0 amide bonds. The van der Waals surface area contributed by atoms with Crippen molar-refractivity contribution in [3.8, 4) is 0 Å². The van der Waals surface area contributed by atoms with E-state index in [2.05, 4.69) is 15.0 Å². The molecule has 0 bridgehead atoms. The lowest BCUT2D eigenvalue weighted by molar-refractivity contribution is 0.111. The van der Waals surface area contributed by atoms with Gasteiger partial charge in [0.2, 0.25) is 0 Å². The summed E-state index contributed by atoms with van der Waals surface area (Å²) in [6, 6.07) is 5.71. The zero-order valence-corrected chi connectivity index (χ0v) is 7.47. The number of nitrogens with zero attached hydrogens (tertiary/aromatic N) is 2. The van der Waals surface area contributed by atoms with Gasteiger partial charge in [-0.25, -0.2) is 4.98 Å². The third-order valence-corrected chi connectivity index (χ3v) is 1.85. The van der Waals surface area contributed by atoms with Gasteiger partial charge in [-0.1, -0.05) is 6.07 Å². The van der Waals surface area contributed by atoms with Gasteiger partial charge < -0.3 is 4.98 Å². The highest BCUT2D eigenvalue weighted by atomic mass is 16.1. The van der Waals surface area contributed by atoms with Gasteiger partial charge in [-0.3, -0.25) is 9.78 Å². The second-order valence-corrected chi connectivity index (χ2v) is 2.90. The maximum Gasteiger partial charge on any atom is 0.167 e. The average Bonchev–Trinajstić information content (AvgIpc) is 2.67. The summed E-state index contributed by atoms with van der Waals surface area (Å²) in [5.74, 6) is 0.755. The molecule has 1 N–H and O–H groups in total. The first-order chi connectivity index (χ1) is 6.88. The molecular weight excluding hydrogens is 178 g/mol. The Morgan fingerprint density at radius 3 is 2.93 bits per heavy atom. The molecule has 0 spiro atoms. The van der Waals surface area contributed by atoms with Gasteiger partial charge in [-0.15, -0.1) is 0 Å². The Morgan fingerprint density at radius 1 is 1.36 bits per heavy atom. The van der Waals surface area contributed by atoms with E-state index in [1.165, 1.54) is 6.20 Å². The summed E-state index contributed by atoms with van der Waals surface area (Å²) < 4.78 is 0. The number of imidazole rings is 1. The normalized spacial score (nSPS) is 10.0. The maximum atomic E-state index is 10.4. The van der Waals surface area contributed by atoms with Crippen LogP contribution < -0.4 is 0 Å². The highest BCUT2D eigenvalue weighted by Gasteiger charge is 2.01. The topological polar surface area (TPSA) is 58.6 Å². The molecule has 2 aromatic heterocycles. The van der Waals surface area contributed by atoms with Gasteiger partial charge in [0.1, 0.15) is 5.82 Å². The Kier molecular flexibility index (Phi) is 2.36. The molecule has 2 rings (SSSR count). The number of aldehydes is 1. The molecule has 2 heterocycles. The number of H-pyrrole nitrogens is 1. The van der Waals surface area contributed by atoms with E-state index in [9.17, 15) is 4.79 Å². The van der Waals surface area contributed by atoms with Gasteiger partial charge in [-0.2, -0.15) is 0 Å². The molecule has 4 nitrogen and oxygen atoms in total. The first-order valence-corrected chi connectivity index (χ1v) is 4.27. The maximum absolute atomic E-state index is 10.4. The van der Waals surface area contributed by atoms with E-state index < -0.39 is 0 Å². The molecule has 0 aliphatic rings. The third-order valence-electron chi connectivity index (χ3n) is 1.85. The van der Waals surface area contributed by atoms with Crippen molar-refractivity contribution < 1.29 is 4.79 Å². The number of pyridine rings is 1. The van der Waals surface area contributed by atoms with Gasteiger partial charge in [0.05, 0.1) is 11.9 Å². The summed E-state index contributed by atoms with van der Waals surface area (Å²) in [5.41, 5.74) is 1.43. The van der Waals surface area contributed by atoms with Crippen molar-refractivity contribution in [3.05, 3.63) is 47.8 Å². The van der Waals surface area contributed by atoms with Crippen molar-refractivity contribution in [1.82, 2.24) is 15.0 Å². The van der Waals surface area contributed by atoms with Crippen LogP contribution in [0, 0.1) is 0 Å². The van der Waals surface area contributed by atoms with Crippen molar-refractivity contribution in [1.29, 1.82) is 0 Å². The molecule has 0 aliphatic carbocycles. The summed E-state index contributed by atoms with van der Waals surface area (Å²) in [6.07, 6.45) is 4.62. The molecule has 70 valence electrons. The SMILES string of the molecule is O=Cc1cnc(Cc2ccccn2)[nH]1. The van der Waals surface area contributed by atoms with Gasteiger partial charge in [0.25, 0.3) is 0 Å². The summed E-state index contributed by atoms with van der Waals surface area (Å²) in [7, 11) is 0. The summed E-state index contributed by atoms with van der Waals surface area (Å²) in [5, 5.41) is 0. The number of nitrogens with one attached hydrogen (secondary N) is 1. The molecule has 0 radical (unpaired) electrons. The Bertz CT molecular complexity index is 422. The van der Waals surface area contributed by atoms with E-state index in [1.54, 1.807) is 6.20 Å². The molecule has 0 unspecified atom stereocenters. The minimum absolute atomic E-state index is 0.496. The predicted molar refractivity (Wildman–Crippen MR) is 51.0 cm³/mol. The summed E-state index contributed by atoms with van der Waals surface area (Å²) in [4.78, 5) is 21.5. The second kappa shape index (κ2) is 3.83. The largest absolute Gasteiger partial charge is 0.340 e. The standard InChI is InChI=1S/C10H9N3O/c14-7-9-6-12-10(13-9)5-8-3-1-2-4-11-8/h1-4,6-7H,5H2,(H,12,13). The van der Waals surface area contributed by atoms with E-state index >= 15 is 0 Å². The smallest absolute Gasteiger partial charge is 0.167 e. The molecule has 0 fully saturated rings. The number of carbonyl (C=O) groups excluding carboxylic acids is 1. The van der Waals surface area contributed by atoms with Crippen LogP contribution in [0.15, 0.2) is 30.6 Å².